The Bertz CT molecular complexity index is 816. The zero-order valence-electron chi connectivity index (χ0n) is 13.6. The molecule has 0 saturated carbocycles. The van der Waals surface area contributed by atoms with Gasteiger partial charge in [0, 0.05) is 24.9 Å². The first-order valence-corrected chi connectivity index (χ1v) is 8.10. The summed E-state index contributed by atoms with van der Waals surface area (Å²) in [6.45, 7) is 0.504. The van der Waals surface area contributed by atoms with Crippen molar-refractivity contribution in [1.82, 2.24) is 15.5 Å². The fourth-order valence-electron chi connectivity index (χ4n) is 2.37. The van der Waals surface area contributed by atoms with Gasteiger partial charge >= 0.3 is 0 Å². The zero-order valence-corrected chi connectivity index (χ0v) is 13.6. The van der Waals surface area contributed by atoms with E-state index in [9.17, 15) is 9.18 Å². The highest BCUT2D eigenvalue weighted by Gasteiger charge is 2.10. The van der Waals surface area contributed by atoms with Crippen LogP contribution in [0, 0.1) is 5.82 Å². The van der Waals surface area contributed by atoms with Crippen LogP contribution in [0.3, 0.4) is 0 Å². The highest BCUT2D eigenvalue weighted by atomic mass is 19.1. The molecule has 2 aromatic carbocycles. The Labute approximate surface area is 144 Å². The lowest BCUT2D eigenvalue weighted by atomic mass is 10.1. The number of rotatable bonds is 7. The Hall–Kier alpha value is -3.02. The molecule has 0 bridgehead atoms. The number of amides is 1. The van der Waals surface area contributed by atoms with Crippen molar-refractivity contribution in [2.45, 2.75) is 19.3 Å². The normalized spacial score (nSPS) is 10.6. The van der Waals surface area contributed by atoms with E-state index in [-0.39, 0.29) is 18.1 Å². The van der Waals surface area contributed by atoms with Crippen LogP contribution in [-0.2, 0) is 17.6 Å². The van der Waals surface area contributed by atoms with Crippen molar-refractivity contribution in [3.63, 3.8) is 0 Å². The average Bonchev–Trinajstić information content (AvgIpc) is 3.11. The van der Waals surface area contributed by atoms with Crippen molar-refractivity contribution in [2.75, 3.05) is 6.54 Å². The van der Waals surface area contributed by atoms with Crippen molar-refractivity contribution in [1.29, 1.82) is 0 Å². The molecule has 0 aliphatic heterocycles. The summed E-state index contributed by atoms with van der Waals surface area (Å²) in [4.78, 5) is 16.2. The van der Waals surface area contributed by atoms with Crippen LogP contribution in [0.4, 0.5) is 4.39 Å². The highest BCUT2D eigenvalue weighted by molar-refractivity contribution is 5.76. The summed E-state index contributed by atoms with van der Waals surface area (Å²) in [5.41, 5.74) is 1.85. The summed E-state index contributed by atoms with van der Waals surface area (Å²) in [7, 11) is 0. The van der Waals surface area contributed by atoms with Gasteiger partial charge in [-0.2, -0.15) is 4.98 Å². The molecule has 1 N–H and O–H groups in total. The maximum absolute atomic E-state index is 12.8. The number of benzene rings is 2. The summed E-state index contributed by atoms with van der Waals surface area (Å²) in [5.74, 6) is 0.614. The quantitative estimate of drug-likeness (QED) is 0.718. The van der Waals surface area contributed by atoms with Crippen LogP contribution in [-0.4, -0.2) is 22.6 Å². The van der Waals surface area contributed by atoms with Gasteiger partial charge in [0.1, 0.15) is 5.82 Å². The molecule has 0 atom stereocenters. The summed E-state index contributed by atoms with van der Waals surface area (Å²) in [5, 5.41) is 6.76. The average molecular weight is 339 g/mol. The third-order valence-corrected chi connectivity index (χ3v) is 3.72. The first-order valence-electron chi connectivity index (χ1n) is 8.10. The first kappa shape index (κ1) is 16.8. The second-order valence-corrected chi connectivity index (χ2v) is 5.60. The van der Waals surface area contributed by atoms with Gasteiger partial charge in [0.25, 0.3) is 0 Å². The van der Waals surface area contributed by atoms with Gasteiger partial charge in [0.2, 0.25) is 17.6 Å². The molecule has 0 unspecified atom stereocenters. The van der Waals surface area contributed by atoms with Gasteiger partial charge in [-0.15, -0.1) is 0 Å². The number of aromatic nitrogens is 2. The Kier molecular flexibility index (Phi) is 5.51. The number of carbonyl (C=O) groups is 1. The summed E-state index contributed by atoms with van der Waals surface area (Å²) in [6, 6.07) is 15.8. The van der Waals surface area contributed by atoms with Crippen LogP contribution < -0.4 is 5.32 Å². The van der Waals surface area contributed by atoms with Gasteiger partial charge in [-0.1, -0.05) is 47.6 Å². The topological polar surface area (TPSA) is 68.0 Å². The molecule has 0 aliphatic carbocycles. The van der Waals surface area contributed by atoms with Crippen LogP contribution in [0.1, 0.15) is 17.9 Å². The summed E-state index contributed by atoms with van der Waals surface area (Å²) in [6.07, 6.45) is 1.33. The van der Waals surface area contributed by atoms with Crippen molar-refractivity contribution >= 4 is 5.91 Å². The molecule has 0 radical (unpaired) electrons. The third-order valence-electron chi connectivity index (χ3n) is 3.72. The van der Waals surface area contributed by atoms with Crippen molar-refractivity contribution in [3.8, 4) is 11.4 Å². The van der Waals surface area contributed by atoms with E-state index < -0.39 is 0 Å². The first-order chi connectivity index (χ1) is 12.2. The standard InChI is InChI=1S/C19H18FN3O2/c20-16-8-6-14(7-9-16)12-13-21-17(24)10-11-18-22-19(23-25-18)15-4-2-1-3-5-15/h1-9H,10-13H2,(H,21,24). The molecule has 6 heteroatoms. The fourth-order valence-corrected chi connectivity index (χ4v) is 2.37. The smallest absolute Gasteiger partial charge is 0.227 e. The molecule has 1 heterocycles. The van der Waals surface area contributed by atoms with Gasteiger partial charge in [-0.3, -0.25) is 4.79 Å². The molecule has 25 heavy (non-hydrogen) atoms. The summed E-state index contributed by atoms with van der Waals surface area (Å²) >= 11 is 0. The minimum absolute atomic E-state index is 0.0819. The number of nitrogens with zero attached hydrogens (tertiary/aromatic N) is 2. The van der Waals surface area contributed by atoms with E-state index in [2.05, 4.69) is 15.5 Å². The van der Waals surface area contributed by atoms with Gasteiger partial charge < -0.3 is 9.84 Å². The Morgan fingerprint density at radius 2 is 1.80 bits per heavy atom. The maximum atomic E-state index is 12.8. The van der Waals surface area contributed by atoms with Crippen LogP contribution in [0.5, 0.6) is 0 Å². The van der Waals surface area contributed by atoms with Crippen molar-refractivity contribution < 1.29 is 13.7 Å². The minimum Gasteiger partial charge on any atom is -0.356 e. The van der Waals surface area contributed by atoms with E-state index in [4.69, 9.17) is 4.52 Å². The molecule has 0 aliphatic rings. The molecular formula is C19H18FN3O2. The molecule has 3 aromatic rings. The lowest BCUT2D eigenvalue weighted by Crippen LogP contribution is -2.25. The predicted molar refractivity (Wildman–Crippen MR) is 91.2 cm³/mol. The van der Waals surface area contributed by atoms with Gasteiger partial charge in [-0.05, 0) is 24.1 Å². The number of nitrogens with one attached hydrogen (secondary N) is 1. The van der Waals surface area contributed by atoms with Crippen LogP contribution >= 0.6 is 0 Å². The Morgan fingerprint density at radius 3 is 2.56 bits per heavy atom. The minimum atomic E-state index is -0.262. The van der Waals surface area contributed by atoms with Crippen LogP contribution in [0.15, 0.2) is 59.1 Å². The van der Waals surface area contributed by atoms with E-state index >= 15 is 0 Å². The molecule has 128 valence electrons. The molecule has 1 amide bonds. The number of halogens is 1. The van der Waals surface area contributed by atoms with E-state index in [0.29, 0.717) is 31.1 Å². The molecular weight excluding hydrogens is 321 g/mol. The number of aryl methyl sites for hydroxylation is 1. The molecule has 0 spiro atoms. The van der Waals surface area contributed by atoms with Gasteiger partial charge in [-0.25, -0.2) is 4.39 Å². The van der Waals surface area contributed by atoms with E-state index in [1.165, 1.54) is 12.1 Å². The lowest BCUT2D eigenvalue weighted by molar-refractivity contribution is -0.121. The SMILES string of the molecule is O=C(CCc1nc(-c2ccccc2)no1)NCCc1ccc(F)cc1. The third kappa shape index (κ3) is 4.97. The predicted octanol–water partition coefficient (Wildman–Crippen LogP) is 3.17. The number of hydrogen-bond donors (Lipinski definition) is 1. The van der Waals surface area contributed by atoms with Gasteiger partial charge in [0.15, 0.2) is 0 Å². The Balaban J connectivity index is 1.42. The number of hydrogen-bond acceptors (Lipinski definition) is 4. The maximum Gasteiger partial charge on any atom is 0.227 e. The Morgan fingerprint density at radius 1 is 1.04 bits per heavy atom. The highest BCUT2D eigenvalue weighted by Crippen LogP contribution is 2.15. The lowest BCUT2D eigenvalue weighted by Gasteiger charge is -2.04. The second-order valence-electron chi connectivity index (χ2n) is 5.60. The number of carbonyl (C=O) groups excluding carboxylic acids is 1. The van der Waals surface area contributed by atoms with E-state index in [1.807, 2.05) is 30.3 Å². The molecule has 3 rings (SSSR count). The second kappa shape index (κ2) is 8.19. The fraction of sp³-hybridized carbons (Fsp3) is 0.211. The van der Waals surface area contributed by atoms with Crippen LogP contribution in [0.25, 0.3) is 11.4 Å². The molecule has 0 fully saturated rings. The van der Waals surface area contributed by atoms with Gasteiger partial charge in [0.05, 0.1) is 0 Å². The molecule has 5 nitrogen and oxygen atoms in total. The summed E-state index contributed by atoms with van der Waals surface area (Å²) < 4.78 is 18.0. The molecule has 0 saturated heterocycles. The monoisotopic (exact) mass is 339 g/mol. The molecule has 1 aromatic heterocycles. The van der Waals surface area contributed by atoms with E-state index in [0.717, 1.165) is 11.1 Å². The largest absolute Gasteiger partial charge is 0.356 e. The van der Waals surface area contributed by atoms with Crippen LogP contribution in [0.2, 0.25) is 0 Å². The van der Waals surface area contributed by atoms with Crippen molar-refractivity contribution in [3.05, 3.63) is 71.9 Å². The van der Waals surface area contributed by atoms with E-state index in [1.54, 1.807) is 12.1 Å². The van der Waals surface area contributed by atoms with Crippen molar-refractivity contribution in [2.24, 2.45) is 0 Å². The zero-order chi connectivity index (χ0) is 17.5.